The normalized spacial score (nSPS) is 23.6. The van der Waals surface area contributed by atoms with Crippen molar-refractivity contribution < 1.29 is 57.4 Å². The number of benzene rings is 5. The van der Waals surface area contributed by atoms with E-state index in [0.717, 1.165) is 5.56 Å². The Hall–Kier alpha value is -5.64. The Kier molecular flexibility index (Phi) is 20.5. The highest BCUT2D eigenvalue weighted by molar-refractivity contribution is 6.76. The van der Waals surface area contributed by atoms with E-state index in [2.05, 4.69) is 0 Å². The van der Waals surface area contributed by atoms with Crippen molar-refractivity contribution in [3.8, 4) is 0 Å². The van der Waals surface area contributed by atoms with Gasteiger partial charge >= 0.3 is 23.9 Å². The summed E-state index contributed by atoms with van der Waals surface area (Å²) in [6.45, 7) is 8.99. The minimum Gasteiger partial charge on any atom is -0.455 e. The molecule has 2 heterocycles. The van der Waals surface area contributed by atoms with Gasteiger partial charge in [-0.25, -0.2) is 19.2 Å². The van der Waals surface area contributed by atoms with E-state index in [1.807, 2.05) is 63.2 Å². The molecular weight excluding hydrogens is 961 g/mol. The number of carbonyl (C=O) groups is 4. The molecule has 2 aliphatic heterocycles. The third-order valence-corrected chi connectivity index (χ3v) is 12.5. The molecule has 0 amide bonds. The van der Waals surface area contributed by atoms with Gasteiger partial charge in [-0.05, 0) is 87.7 Å². The Labute approximate surface area is 423 Å². The maximum Gasteiger partial charge on any atom is 0.340 e. The van der Waals surface area contributed by atoms with Crippen LogP contribution >= 0.6 is 34.8 Å². The molecule has 13 nitrogen and oxygen atoms in total. The van der Waals surface area contributed by atoms with Crippen molar-refractivity contribution in [2.45, 2.75) is 94.9 Å². The fourth-order valence-corrected chi connectivity index (χ4v) is 7.53. The van der Waals surface area contributed by atoms with Gasteiger partial charge in [0.1, 0.15) is 12.2 Å². The molecule has 2 N–H and O–H groups in total. The minimum absolute atomic E-state index is 0.0394. The summed E-state index contributed by atoms with van der Waals surface area (Å²) >= 11 is 15.5. The van der Waals surface area contributed by atoms with E-state index in [1.165, 1.54) is 6.92 Å². The summed E-state index contributed by atoms with van der Waals surface area (Å²) in [5.41, 5.74) is 0.683. The van der Waals surface area contributed by atoms with Crippen LogP contribution in [0, 0.1) is 16.2 Å². The summed E-state index contributed by atoms with van der Waals surface area (Å²) in [6, 6.07) is 44.5. The SMILES string of the molecule is CC(=N)C(Cl)(Cl)Cl.CC[C@H]1OC(OC(=O)c2ccccc2)[C@@](C)(CO)C1OC(=O)c1ccccc1.CC[C@H]1OC(OC(=O)c2ccccc2)[C@@](C)(COCc2ccccc2)C1OC(=O)c1ccccc1. The molecule has 0 spiro atoms. The summed E-state index contributed by atoms with van der Waals surface area (Å²) in [5.74, 6) is -2.03. The lowest BCUT2D eigenvalue weighted by molar-refractivity contribution is -0.155. The molecule has 4 unspecified atom stereocenters. The number of hydrogen-bond donors (Lipinski definition) is 2. The molecular formula is C54H58Cl3NO12. The number of nitrogens with one attached hydrogen (secondary N) is 1. The molecule has 2 fully saturated rings. The third-order valence-electron chi connectivity index (χ3n) is 11.7. The lowest BCUT2D eigenvalue weighted by Crippen LogP contribution is -2.46. The van der Waals surface area contributed by atoms with Crippen LogP contribution in [-0.2, 0) is 39.8 Å². The molecule has 372 valence electrons. The third kappa shape index (κ3) is 14.7. The van der Waals surface area contributed by atoms with Crippen LogP contribution in [0.25, 0.3) is 0 Å². The summed E-state index contributed by atoms with van der Waals surface area (Å²) in [4.78, 5) is 50.9. The maximum absolute atomic E-state index is 13.0. The van der Waals surface area contributed by atoms with E-state index >= 15 is 0 Å². The summed E-state index contributed by atoms with van der Waals surface area (Å²) in [7, 11) is 0. The first-order valence-electron chi connectivity index (χ1n) is 22.6. The van der Waals surface area contributed by atoms with Gasteiger partial charge in [-0.2, -0.15) is 0 Å². The van der Waals surface area contributed by atoms with Crippen molar-refractivity contribution in [3.63, 3.8) is 0 Å². The van der Waals surface area contributed by atoms with Crippen molar-refractivity contribution in [2.75, 3.05) is 13.2 Å². The highest BCUT2D eigenvalue weighted by Crippen LogP contribution is 2.45. The van der Waals surface area contributed by atoms with Gasteiger partial charge in [-0.3, -0.25) is 0 Å². The van der Waals surface area contributed by atoms with E-state index in [4.69, 9.17) is 73.4 Å². The average molecular weight is 1020 g/mol. The number of aliphatic hydroxyl groups excluding tert-OH is 1. The molecule has 0 aliphatic carbocycles. The number of aliphatic hydroxyl groups is 1. The number of halogens is 3. The van der Waals surface area contributed by atoms with Gasteiger partial charge in [0.15, 0.2) is 0 Å². The molecule has 2 saturated heterocycles. The zero-order valence-corrected chi connectivity index (χ0v) is 41.8. The molecule has 16 heteroatoms. The van der Waals surface area contributed by atoms with Crippen molar-refractivity contribution in [3.05, 3.63) is 179 Å². The topological polar surface area (TPSA) is 177 Å². The van der Waals surface area contributed by atoms with E-state index in [9.17, 15) is 24.3 Å². The van der Waals surface area contributed by atoms with Crippen LogP contribution in [0.15, 0.2) is 152 Å². The largest absolute Gasteiger partial charge is 0.455 e. The lowest BCUT2D eigenvalue weighted by Gasteiger charge is -2.33. The van der Waals surface area contributed by atoms with Gasteiger partial charge in [0, 0.05) is 0 Å². The number of alkyl halides is 3. The van der Waals surface area contributed by atoms with Crippen LogP contribution in [-0.4, -0.2) is 88.7 Å². The predicted octanol–water partition coefficient (Wildman–Crippen LogP) is 11.0. The van der Waals surface area contributed by atoms with Crippen LogP contribution in [0.2, 0.25) is 0 Å². The van der Waals surface area contributed by atoms with Crippen LogP contribution in [0.4, 0.5) is 0 Å². The standard InChI is InChI=1S/C29H30O6.C22H24O6.C3H4Cl3N/c1-3-24-25(34-26(30)22-15-9-5-10-16-22)29(2,20-32-19-21-13-7-4-8-14-21)28(33-24)35-27(31)23-17-11-6-12-18-23;1-3-17-18(27-19(24)15-10-6-4-7-11-15)22(2,14-23)21(26-17)28-20(25)16-12-8-5-9-13-16;1-2(7)3(4,5)6/h4-18,24-25,28H,3,19-20H2,1-2H3;4-13,17-18,21,23H,3,14H2,1-2H3;7H,1H3/t24-,25?,28?,29+;17-,18?,21?,22+;/m11./s1. The van der Waals surface area contributed by atoms with Gasteiger partial charge in [-0.1, -0.05) is 152 Å². The van der Waals surface area contributed by atoms with Crippen molar-refractivity contribution in [1.29, 1.82) is 5.41 Å². The number of rotatable bonds is 15. The summed E-state index contributed by atoms with van der Waals surface area (Å²) < 4.78 is 39.7. The average Bonchev–Trinajstić information content (AvgIpc) is 3.79. The Morgan fingerprint density at radius 2 is 0.857 bits per heavy atom. The van der Waals surface area contributed by atoms with E-state index in [-0.39, 0.29) is 18.9 Å². The fraction of sp³-hybridized carbons (Fsp3) is 0.352. The molecule has 5 aromatic carbocycles. The van der Waals surface area contributed by atoms with Crippen LogP contribution in [0.5, 0.6) is 0 Å². The zero-order valence-electron chi connectivity index (χ0n) is 39.5. The monoisotopic (exact) mass is 1020 g/mol. The van der Waals surface area contributed by atoms with Gasteiger partial charge in [0.25, 0.3) is 0 Å². The van der Waals surface area contributed by atoms with Gasteiger partial charge in [-0.15, -0.1) is 0 Å². The molecule has 2 aliphatic rings. The van der Waals surface area contributed by atoms with Crippen molar-refractivity contribution in [2.24, 2.45) is 10.8 Å². The first kappa shape index (κ1) is 55.3. The highest BCUT2D eigenvalue weighted by atomic mass is 35.6. The van der Waals surface area contributed by atoms with E-state index < -0.39 is 75.5 Å². The molecule has 0 aromatic heterocycles. The predicted molar refractivity (Wildman–Crippen MR) is 266 cm³/mol. The van der Waals surface area contributed by atoms with Crippen LogP contribution < -0.4 is 0 Å². The second kappa shape index (κ2) is 26.0. The fourth-order valence-electron chi connectivity index (χ4n) is 7.53. The minimum atomic E-state index is -1.50. The molecule has 0 saturated carbocycles. The van der Waals surface area contributed by atoms with Gasteiger partial charge in [0.2, 0.25) is 16.4 Å². The molecule has 7 rings (SSSR count). The number of ether oxygens (including phenoxy) is 7. The highest BCUT2D eigenvalue weighted by Gasteiger charge is 2.59. The number of carbonyl (C=O) groups excluding carboxylic acids is 4. The van der Waals surface area contributed by atoms with Crippen LogP contribution in [0.1, 0.15) is 94.5 Å². The smallest absolute Gasteiger partial charge is 0.340 e. The first-order valence-corrected chi connectivity index (χ1v) is 23.8. The maximum atomic E-state index is 13.0. The number of hydrogen-bond acceptors (Lipinski definition) is 13. The quantitative estimate of drug-likeness (QED) is 0.0440. The Morgan fingerprint density at radius 3 is 1.17 bits per heavy atom. The molecule has 0 radical (unpaired) electrons. The summed E-state index contributed by atoms with van der Waals surface area (Å²) in [5, 5.41) is 16.8. The van der Waals surface area contributed by atoms with Gasteiger partial charge < -0.3 is 43.7 Å². The van der Waals surface area contributed by atoms with Crippen molar-refractivity contribution >= 4 is 64.4 Å². The van der Waals surface area contributed by atoms with E-state index in [1.54, 1.807) is 116 Å². The second-order valence-electron chi connectivity index (χ2n) is 17.0. The molecule has 70 heavy (non-hydrogen) atoms. The zero-order chi connectivity index (χ0) is 50.9. The lowest BCUT2D eigenvalue weighted by atomic mass is 9.83. The molecule has 0 bridgehead atoms. The number of esters is 4. The second-order valence-corrected chi connectivity index (χ2v) is 19.3. The van der Waals surface area contributed by atoms with Crippen LogP contribution in [0.3, 0.4) is 0 Å². The first-order chi connectivity index (χ1) is 33.4. The Balaban J connectivity index is 0.000000234. The van der Waals surface area contributed by atoms with Crippen molar-refractivity contribution in [1.82, 2.24) is 0 Å². The van der Waals surface area contributed by atoms with Gasteiger partial charge in [0.05, 0.1) is 70.8 Å². The molecule has 8 atom stereocenters. The summed E-state index contributed by atoms with van der Waals surface area (Å²) in [6.07, 6.45) is -3.29. The Bertz CT molecular complexity index is 2450. The van der Waals surface area contributed by atoms with E-state index in [0.29, 0.717) is 41.7 Å². The Morgan fingerprint density at radius 1 is 0.557 bits per heavy atom. The molecule has 5 aromatic rings.